The maximum atomic E-state index is 12.3. The normalized spacial score (nSPS) is 10.7. The molecule has 0 unspecified atom stereocenters. The summed E-state index contributed by atoms with van der Waals surface area (Å²) >= 11 is 0. The number of anilines is 1. The predicted molar refractivity (Wildman–Crippen MR) is 116 cm³/mol. The molecule has 0 saturated heterocycles. The van der Waals surface area contributed by atoms with E-state index in [4.69, 9.17) is 4.74 Å². The van der Waals surface area contributed by atoms with Crippen LogP contribution < -0.4 is 15.4 Å². The highest BCUT2D eigenvalue weighted by Gasteiger charge is 2.12. The van der Waals surface area contributed by atoms with Crippen LogP contribution in [0.2, 0.25) is 0 Å². The zero-order chi connectivity index (χ0) is 21.6. The largest absolute Gasteiger partial charge is 0.497 e. The Kier molecular flexibility index (Phi) is 5.93. The smallest absolute Gasteiger partial charge is 0.277 e. The molecule has 31 heavy (non-hydrogen) atoms. The van der Waals surface area contributed by atoms with Crippen LogP contribution >= 0.6 is 0 Å². The van der Waals surface area contributed by atoms with Crippen molar-refractivity contribution in [2.45, 2.75) is 13.0 Å². The van der Waals surface area contributed by atoms with Gasteiger partial charge in [0.2, 0.25) is 5.91 Å². The zero-order valence-corrected chi connectivity index (χ0v) is 17.0. The molecule has 0 aliphatic carbocycles. The second-order valence-electron chi connectivity index (χ2n) is 6.94. The lowest BCUT2D eigenvalue weighted by molar-refractivity contribution is -0.120. The van der Waals surface area contributed by atoms with Gasteiger partial charge in [-0.05, 0) is 35.9 Å². The van der Waals surface area contributed by atoms with Crippen molar-refractivity contribution in [3.8, 4) is 5.75 Å². The quantitative estimate of drug-likeness (QED) is 0.407. The predicted octanol–water partition coefficient (Wildman–Crippen LogP) is 2.38. The van der Waals surface area contributed by atoms with Crippen molar-refractivity contribution in [1.82, 2.24) is 25.3 Å². The van der Waals surface area contributed by atoms with Crippen molar-refractivity contribution in [3.63, 3.8) is 0 Å². The molecule has 9 heteroatoms. The molecule has 3 N–H and O–H groups in total. The summed E-state index contributed by atoms with van der Waals surface area (Å²) in [5.41, 5.74) is 2.78. The van der Waals surface area contributed by atoms with E-state index in [2.05, 4.69) is 25.9 Å². The van der Waals surface area contributed by atoms with Crippen LogP contribution in [0.3, 0.4) is 0 Å². The summed E-state index contributed by atoms with van der Waals surface area (Å²) in [5.74, 6) is 0.262. The molecule has 0 bridgehead atoms. The van der Waals surface area contributed by atoms with Crippen molar-refractivity contribution < 1.29 is 14.3 Å². The van der Waals surface area contributed by atoms with Gasteiger partial charge in [0.05, 0.1) is 26.3 Å². The number of nitrogens with zero attached hydrogens (tertiary/aromatic N) is 3. The molecular formula is C22H22N6O3. The minimum atomic E-state index is -0.361. The van der Waals surface area contributed by atoms with E-state index in [-0.39, 0.29) is 23.9 Å². The molecule has 2 aromatic carbocycles. The third kappa shape index (κ3) is 4.89. The van der Waals surface area contributed by atoms with E-state index in [9.17, 15) is 9.59 Å². The Morgan fingerprint density at radius 3 is 2.74 bits per heavy atom. The molecule has 0 saturated carbocycles. The highest BCUT2D eigenvalue weighted by atomic mass is 16.5. The molecule has 0 fully saturated rings. The van der Waals surface area contributed by atoms with E-state index in [0.29, 0.717) is 24.5 Å². The lowest BCUT2D eigenvalue weighted by atomic mass is 10.1. The average molecular weight is 418 g/mol. The summed E-state index contributed by atoms with van der Waals surface area (Å²) in [6.07, 6.45) is 3.69. The number of hydrogen-bond acceptors (Lipinski definition) is 5. The number of para-hydroxylation sites is 1. The van der Waals surface area contributed by atoms with E-state index >= 15 is 0 Å². The number of aromatic amines is 1. The number of benzene rings is 2. The molecule has 0 radical (unpaired) electrons. The topological polar surface area (TPSA) is 114 Å². The van der Waals surface area contributed by atoms with Crippen LogP contribution in [-0.2, 0) is 17.8 Å². The van der Waals surface area contributed by atoms with Gasteiger partial charge in [-0.1, -0.05) is 23.4 Å². The molecular weight excluding hydrogens is 396 g/mol. The number of methoxy groups -OCH3 is 1. The van der Waals surface area contributed by atoms with Crippen LogP contribution in [0.1, 0.15) is 16.1 Å². The van der Waals surface area contributed by atoms with E-state index in [0.717, 1.165) is 16.5 Å². The first-order chi connectivity index (χ1) is 15.1. The van der Waals surface area contributed by atoms with Gasteiger partial charge in [-0.2, -0.15) is 0 Å². The highest BCUT2D eigenvalue weighted by Crippen LogP contribution is 2.18. The number of ether oxygens (including phenoxy) is 1. The summed E-state index contributed by atoms with van der Waals surface area (Å²) in [4.78, 5) is 27.7. The fraction of sp³-hybridized carbons (Fsp3) is 0.182. The van der Waals surface area contributed by atoms with Gasteiger partial charge in [0.25, 0.3) is 5.91 Å². The number of carbonyl (C=O) groups is 2. The first-order valence-corrected chi connectivity index (χ1v) is 9.79. The standard InChI is InChI=1S/C22H22N6O3/c1-31-17-8-6-16(7-9-17)25-22(30)20-14-28(27-26-20)11-10-23-21(29)12-15-13-24-19-5-3-2-4-18(15)19/h2-9,13-14,24H,10-12H2,1H3,(H,23,29)(H,25,30). The molecule has 0 aliphatic heterocycles. The molecule has 158 valence electrons. The lowest BCUT2D eigenvalue weighted by Gasteiger charge is -2.05. The van der Waals surface area contributed by atoms with Gasteiger partial charge in [-0.3, -0.25) is 9.59 Å². The summed E-state index contributed by atoms with van der Waals surface area (Å²) in [7, 11) is 1.58. The SMILES string of the molecule is COc1ccc(NC(=O)c2cn(CCNC(=O)Cc3c[nH]c4ccccc34)nn2)cc1. The molecule has 2 amide bonds. The second kappa shape index (κ2) is 9.12. The van der Waals surface area contributed by atoms with Crippen LogP contribution in [-0.4, -0.2) is 45.4 Å². The van der Waals surface area contributed by atoms with Crippen LogP contribution in [0.5, 0.6) is 5.75 Å². The van der Waals surface area contributed by atoms with Crippen molar-refractivity contribution in [2.24, 2.45) is 0 Å². The monoisotopic (exact) mass is 418 g/mol. The van der Waals surface area contributed by atoms with Crippen LogP contribution in [0.15, 0.2) is 60.9 Å². The third-order valence-corrected chi connectivity index (χ3v) is 4.81. The minimum Gasteiger partial charge on any atom is -0.497 e. The van der Waals surface area contributed by atoms with Gasteiger partial charge >= 0.3 is 0 Å². The number of amides is 2. The Bertz CT molecular complexity index is 1200. The van der Waals surface area contributed by atoms with E-state index in [1.165, 1.54) is 4.68 Å². The molecule has 4 aromatic rings. The van der Waals surface area contributed by atoms with Crippen molar-refractivity contribution in [2.75, 3.05) is 19.0 Å². The molecule has 2 aromatic heterocycles. The van der Waals surface area contributed by atoms with Crippen LogP contribution in [0.25, 0.3) is 10.9 Å². The third-order valence-electron chi connectivity index (χ3n) is 4.81. The second-order valence-corrected chi connectivity index (χ2v) is 6.94. The molecule has 9 nitrogen and oxygen atoms in total. The molecule has 0 atom stereocenters. The van der Waals surface area contributed by atoms with E-state index in [1.807, 2.05) is 30.5 Å². The number of nitrogens with one attached hydrogen (secondary N) is 3. The summed E-state index contributed by atoms with van der Waals surface area (Å²) in [6.45, 7) is 0.784. The van der Waals surface area contributed by atoms with E-state index < -0.39 is 0 Å². The van der Waals surface area contributed by atoms with Crippen LogP contribution in [0, 0.1) is 0 Å². The summed E-state index contributed by atoms with van der Waals surface area (Å²) in [5, 5.41) is 14.5. The number of aromatic nitrogens is 4. The Morgan fingerprint density at radius 1 is 1.13 bits per heavy atom. The lowest BCUT2D eigenvalue weighted by Crippen LogP contribution is -2.28. The minimum absolute atomic E-state index is 0.0812. The molecule has 2 heterocycles. The highest BCUT2D eigenvalue weighted by molar-refractivity contribution is 6.02. The Hall–Kier alpha value is -4.14. The van der Waals surface area contributed by atoms with E-state index in [1.54, 1.807) is 37.6 Å². The zero-order valence-electron chi connectivity index (χ0n) is 17.0. The summed E-state index contributed by atoms with van der Waals surface area (Å²) < 4.78 is 6.62. The van der Waals surface area contributed by atoms with Gasteiger partial charge in [0.15, 0.2) is 5.69 Å². The van der Waals surface area contributed by atoms with Gasteiger partial charge in [0.1, 0.15) is 5.75 Å². The molecule has 0 aliphatic rings. The number of H-pyrrole nitrogens is 1. The van der Waals surface area contributed by atoms with Crippen molar-refractivity contribution in [1.29, 1.82) is 0 Å². The van der Waals surface area contributed by atoms with Gasteiger partial charge < -0.3 is 20.4 Å². The fourth-order valence-electron chi connectivity index (χ4n) is 3.20. The van der Waals surface area contributed by atoms with Gasteiger partial charge in [-0.25, -0.2) is 4.68 Å². The Labute approximate surface area is 178 Å². The molecule has 4 rings (SSSR count). The maximum absolute atomic E-state index is 12.3. The van der Waals surface area contributed by atoms with Crippen molar-refractivity contribution >= 4 is 28.4 Å². The number of rotatable bonds is 8. The average Bonchev–Trinajstić information content (AvgIpc) is 3.42. The number of carbonyl (C=O) groups excluding carboxylic acids is 2. The Morgan fingerprint density at radius 2 is 1.94 bits per heavy atom. The first kappa shape index (κ1) is 20.1. The maximum Gasteiger partial charge on any atom is 0.277 e. The first-order valence-electron chi connectivity index (χ1n) is 9.79. The van der Waals surface area contributed by atoms with Gasteiger partial charge in [-0.15, -0.1) is 5.10 Å². The molecule has 0 spiro atoms. The number of hydrogen-bond donors (Lipinski definition) is 3. The summed E-state index contributed by atoms with van der Waals surface area (Å²) in [6, 6.07) is 14.9. The van der Waals surface area contributed by atoms with Crippen LogP contribution in [0.4, 0.5) is 5.69 Å². The number of fused-ring (bicyclic) bond motifs is 1. The Balaban J connectivity index is 1.26. The van der Waals surface area contributed by atoms with Crippen molar-refractivity contribution in [3.05, 3.63) is 72.2 Å². The van der Waals surface area contributed by atoms with Gasteiger partial charge in [0, 0.05) is 29.3 Å². The fourth-order valence-corrected chi connectivity index (χ4v) is 3.20.